The summed E-state index contributed by atoms with van der Waals surface area (Å²) < 4.78 is 2.17. The van der Waals surface area contributed by atoms with Crippen LogP contribution in [0.5, 0.6) is 0 Å². The van der Waals surface area contributed by atoms with Gasteiger partial charge in [-0.2, -0.15) is 0 Å². The Morgan fingerprint density at radius 3 is 2.00 bits per heavy atom. The highest BCUT2D eigenvalue weighted by Gasteiger charge is 2.22. The lowest BCUT2D eigenvalue weighted by molar-refractivity contribution is -0.138. The van der Waals surface area contributed by atoms with Gasteiger partial charge in [0.2, 0.25) is 11.8 Å². The lowest BCUT2D eigenvalue weighted by atomic mass is 10.2. The first kappa shape index (κ1) is 14.6. The molecule has 2 amide bonds. The number of nitrogens with zero attached hydrogens (tertiary/aromatic N) is 3. The van der Waals surface area contributed by atoms with Gasteiger partial charge in [-0.3, -0.25) is 9.59 Å². The molecule has 1 aliphatic heterocycles. The van der Waals surface area contributed by atoms with Crippen molar-refractivity contribution in [1.29, 1.82) is 0 Å². The molecule has 5 nitrogen and oxygen atoms in total. The molecule has 1 aliphatic rings. The minimum atomic E-state index is 0.0932. The van der Waals surface area contributed by atoms with Crippen LogP contribution in [0, 0.1) is 13.8 Å². The highest BCUT2D eigenvalue weighted by Crippen LogP contribution is 2.10. The number of carbonyl (C=O) groups excluding carboxylic acids is 2. The molecule has 0 unspecified atom stereocenters. The van der Waals surface area contributed by atoms with Gasteiger partial charge >= 0.3 is 0 Å². The van der Waals surface area contributed by atoms with Gasteiger partial charge < -0.3 is 14.4 Å². The first-order valence-electron chi connectivity index (χ1n) is 7.15. The second-order valence-corrected chi connectivity index (χ2v) is 5.40. The Hall–Kier alpha value is -1.78. The van der Waals surface area contributed by atoms with E-state index < -0.39 is 0 Å². The smallest absolute Gasteiger partial charge is 0.224 e. The molecule has 0 saturated carbocycles. The number of carbonyl (C=O) groups is 2. The van der Waals surface area contributed by atoms with Gasteiger partial charge in [0.1, 0.15) is 0 Å². The van der Waals surface area contributed by atoms with Gasteiger partial charge in [0, 0.05) is 57.5 Å². The number of hydrogen-bond donors (Lipinski definition) is 0. The molecule has 0 atom stereocenters. The van der Waals surface area contributed by atoms with Crippen molar-refractivity contribution in [2.45, 2.75) is 33.7 Å². The SMILES string of the molecule is CC(=O)N1CCN(C(=O)CCn2c(C)ccc2C)CC1. The maximum atomic E-state index is 12.2. The Labute approximate surface area is 120 Å². The quantitative estimate of drug-likeness (QED) is 0.833. The maximum absolute atomic E-state index is 12.2. The van der Waals surface area contributed by atoms with Crippen molar-refractivity contribution < 1.29 is 9.59 Å². The van der Waals surface area contributed by atoms with Gasteiger partial charge in [-0.1, -0.05) is 0 Å². The van der Waals surface area contributed by atoms with Crippen molar-refractivity contribution in [3.8, 4) is 0 Å². The highest BCUT2D eigenvalue weighted by molar-refractivity contribution is 5.77. The van der Waals surface area contributed by atoms with E-state index in [9.17, 15) is 9.59 Å². The summed E-state index contributed by atoms with van der Waals surface area (Å²) in [6.07, 6.45) is 0.524. The van der Waals surface area contributed by atoms with Crippen molar-refractivity contribution in [2.24, 2.45) is 0 Å². The van der Waals surface area contributed by atoms with Crippen LogP contribution in [0.2, 0.25) is 0 Å². The second-order valence-electron chi connectivity index (χ2n) is 5.40. The van der Waals surface area contributed by atoms with Crippen LogP contribution in [0.1, 0.15) is 24.7 Å². The predicted octanol–water partition coefficient (Wildman–Crippen LogP) is 1.19. The molecule has 0 N–H and O–H groups in total. The van der Waals surface area contributed by atoms with Crippen LogP contribution in [0.25, 0.3) is 0 Å². The van der Waals surface area contributed by atoms with Crippen LogP contribution in [0.4, 0.5) is 0 Å². The third-order valence-corrected chi connectivity index (χ3v) is 4.04. The molecule has 2 heterocycles. The fourth-order valence-electron chi connectivity index (χ4n) is 2.69. The van der Waals surface area contributed by atoms with E-state index in [1.807, 2.05) is 4.90 Å². The molecule has 1 aromatic rings. The summed E-state index contributed by atoms with van der Waals surface area (Å²) in [5.41, 5.74) is 2.38. The van der Waals surface area contributed by atoms with E-state index in [1.165, 1.54) is 11.4 Å². The Bertz CT molecular complexity index is 480. The summed E-state index contributed by atoms with van der Waals surface area (Å²) in [5.74, 6) is 0.274. The Kier molecular flexibility index (Phi) is 4.47. The number of hydrogen-bond acceptors (Lipinski definition) is 2. The third-order valence-electron chi connectivity index (χ3n) is 4.04. The van der Waals surface area contributed by atoms with E-state index >= 15 is 0 Å². The number of rotatable bonds is 3. The Balaban J connectivity index is 1.83. The van der Waals surface area contributed by atoms with Gasteiger partial charge in [-0.25, -0.2) is 0 Å². The van der Waals surface area contributed by atoms with E-state index in [0.29, 0.717) is 32.6 Å². The van der Waals surface area contributed by atoms with E-state index in [-0.39, 0.29) is 11.8 Å². The molecular formula is C15H23N3O2. The molecule has 5 heteroatoms. The number of amides is 2. The van der Waals surface area contributed by atoms with Crippen LogP contribution in [0.15, 0.2) is 12.1 Å². The number of aromatic nitrogens is 1. The van der Waals surface area contributed by atoms with Crippen molar-refractivity contribution in [1.82, 2.24) is 14.4 Å². The monoisotopic (exact) mass is 277 g/mol. The predicted molar refractivity (Wildman–Crippen MR) is 77.4 cm³/mol. The van der Waals surface area contributed by atoms with Crippen molar-refractivity contribution in [2.75, 3.05) is 26.2 Å². The zero-order chi connectivity index (χ0) is 14.7. The topological polar surface area (TPSA) is 45.6 Å². The van der Waals surface area contributed by atoms with Gasteiger partial charge in [-0.15, -0.1) is 0 Å². The first-order chi connectivity index (χ1) is 9.49. The summed E-state index contributed by atoms with van der Waals surface area (Å²) >= 11 is 0. The van der Waals surface area contributed by atoms with Gasteiger partial charge in [0.15, 0.2) is 0 Å². The summed E-state index contributed by atoms with van der Waals surface area (Å²) in [6.45, 7) is 9.05. The average Bonchev–Trinajstić information content (AvgIpc) is 2.75. The zero-order valence-electron chi connectivity index (χ0n) is 12.6. The normalized spacial score (nSPS) is 15.6. The number of piperazine rings is 1. The second kappa shape index (κ2) is 6.11. The summed E-state index contributed by atoms with van der Waals surface area (Å²) in [4.78, 5) is 27.1. The van der Waals surface area contributed by atoms with Crippen LogP contribution < -0.4 is 0 Å². The third kappa shape index (κ3) is 3.21. The van der Waals surface area contributed by atoms with Crippen LogP contribution >= 0.6 is 0 Å². The fourth-order valence-corrected chi connectivity index (χ4v) is 2.69. The molecule has 0 bridgehead atoms. The molecule has 2 rings (SSSR count). The average molecular weight is 277 g/mol. The van der Waals surface area contributed by atoms with E-state index in [2.05, 4.69) is 30.5 Å². The van der Waals surface area contributed by atoms with E-state index in [0.717, 1.165) is 6.54 Å². The zero-order valence-corrected chi connectivity index (χ0v) is 12.6. The molecule has 0 radical (unpaired) electrons. The lowest BCUT2D eigenvalue weighted by Crippen LogP contribution is -2.50. The maximum Gasteiger partial charge on any atom is 0.224 e. The van der Waals surface area contributed by atoms with Gasteiger partial charge in [0.25, 0.3) is 0 Å². The lowest BCUT2D eigenvalue weighted by Gasteiger charge is -2.34. The highest BCUT2D eigenvalue weighted by atomic mass is 16.2. The van der Waals surface area contributed by atoms with Gasteiger partial charge in [-0.05, 0) is 26.0 Å². The molecule has 1 aromatic heterocycles. The van der Waals surface area contributed by atoms with Crippen molar-refractivity contribution in [3.63, 3.8) is 0 Å². The molecular weight excluding hydrogens is 254 g/mol. The fraction of sp³-hybridized carbons (Fsp3) is 0.600. The molecule has 20 heavy (non-hydrogen) atoms. The van der Waals surface area contributed by atoms with Crippen LogP contribution in [-0.2, 0) is 16.1 Å². The minimum absolute atomic E-state index is 0.0932. The Morgan fingerprint density at radius 2 is 1.50 bits per heavy atom. The largest absolute Gasteiger partial charge is 0.349 e. The molecule has 110 valence electrons. The minimum Gasteiger partial charge on any atom is -0.349 e. The first-order valence-corrected chi connectivity index (χ1v) is 7.15. The van der Waals surface area contributed by atoms with Gasteiger partial charge in [0.05, 0.1) is 0 Å². The number of aryl methyl sites for hydroxylation is 2. The van der Waals surface area contributed by atoms with Crippen molar-refractivity contribution in [3.05, 3.63) is 23.5 Å². The Morgan fingerprint density at radius 1 is 1.00 bits per heavy atom. The molecule has 0 aliphatic carbocycles. The van der Waals surface area contributed by atoms with Crippen LogP contribution in [0.3, 0.4) is 0 Å². The molecule has 0 aromatic carbocycles. The summed E-state index contributed by atoms with van der Waals surface area (Å²) in [5, 5.41) is 0. The molecule has 0 spiro atoms. The van der Waals surface area contributed by atoms with Crippen LogP contribution in [-0.4, -0.2) is 52.4 Å². The van der Waals surface area contributed by atoms with E-state index in [1.54, 1.807) is 11.8 Å². The summed E-state index contributed by atoms with van der Waals surface area (Å²) in [6, 6.07) is 4.15. The van der Waals surface area contributed by atoms with Crippen molar-refractivity contribution >= 4 is 11.8 Å². The molecule has 1 fully saturated rings. The van der Waals surface area contributed by atoms with E-state index in [4.69, 9.17) is 0 Å². The standard InChI is InChI=1S/C15H23N3O2/c1-12-4-5-13(2)18(12)7-6-15(20)17-10-8-16(9-11-17)14(3)19/h4-5H,6-11H2,1-3H3. The molecule has 1 saturated heterocycles. The summed E-state index contributed by atoms with van der Waals surface area (Å²) in [7, 11) is 0.